The highest BCUT2D eigenvalue weighted by molar-refractivity contribution is 7.13. The first-order valence-electron chi connectivity index (χ1n) is 10.3. The van der Waals surface area contributed by atoms with Crippen LogP contribution in [0.4, 0.5) is 21.4 Å². The molecule has 172 valence electrons. The number of nitrogens with zero attached hydrogens (tertiary/aromatic N) is 4. The van der Waals surface area contributed by atoms with Gasteiger partial charge in [0.2, 0.25) is 5.91 Å². The number of ether oxygens (including phenoxy) is 1. The molecule has 1 aliphatic heterocycles. The van der Waals surface area contributed by atoms with Crippen molar-refractivity contribution in [2.75, 3.05) is 48.8 Å². The van der Waals surface area contributed by atoms with Crippen molar-refractivity contribution >= 4 is 51.5 Å². The van der Waals surface area contributed by atoms with Crippen LogP contribution in [0.15, 0.2) is 48.0 Å². The van der Waals surface area contributed by atoms with Gasteiger partial charge in [-0.15, -0.1) is 11.3 Å². The summed E-state index contributed by atoms with van der Waals surface area (Å²) in [7, 11) is 1.53. The standard InChI is InChI=1S/C22H23ClN6O3S/c1-32-18-6-5-15(12-17(18)23)25-20(30)13-16-14-33-21(26-16)27-22(31)29-10-8-28(9-11-29)19-4-2-3-7-24-19/h2-7,12,14H,8-11,13H2,1H3,(H,25,30)(H,26,27,31). The number of anilines is 3. The highest BCUT2D eigenvalue weighted by Crippen LogP contribution is 2.27. The fourth-order valence-corrected chi connectivity index (χ4v) is 4.37. The van der Waals surface area contributed by atoms with E-state index >= 15 is 0 Å². The molecule has 0 atom stereocenters. The number of piperazine rings is 1. The summed E-state index contributed by atoms with van der Waals surface area (Å²) in [6.45, 7) is 2.60. The van der Waals surface area contributed by atoms with Crippen molar-refractivity contribution in [3.8, 4) is 5.75 Å². The van der Waals surface area contributed by atoms with Gasteiger partial charge in [0.05, 0.1) is 24.2 Å². The maximum absolute atomic E-state index is 12.6. The first-order chi connectivity index (χ1) is 16.0. The number of benzene rings is 1. The molecule has 9 nitrogen and oxygen atoms in total. The van der Waals surface area contributed by atoms with E-state index < -0.39 is 0 Å². The molecule has 0 bridgehead atoms. The summed E-state index contributed by atoms with van der Waals surface area (Å²) in [5, 5.41) is 8.24. The van der Waals surface area contributed by atoms with Crippen LogP contribution in [0.1, 0.15) is 5.69 Å². The number of hydrogen-bond donors (Lipinski definition) is 2. The number of nitrogens with one attached hydrogen (secondary N) is 2. The van der Waals surface area contributed by atoms with E-state index in [1.807, 2.05) is 18.2 Å². The molecule has 1 saturated heterocycles. The number of hydrogen-bond acceptors (Lipinski definition) is 7. The van der Waals surface area contributed by atoms with Crippen molar-refractivity contribution in [1.82, 2.24) is 14.9 Å². The number of amides is 3. The molecule has 2 aromatic heterocycles. The zero-order chi connectivity index (χ0) is 23.2. The van der Waals surface area contributed by atoms with Crippen LogP contribution in [0.3, 0.4) is 0 Å². The molecule has 3 heterocycles. The topological polar surface area (TPSA) is 99.7 Å². The number of methoxy groups -OCH3 is 1. The second-order valence-electron chi connectivity index (χ2n) is 7.31. The number of urea groups is 1. The Morgan fingerprint density at radius 3 is 2.67 bits per heavy atom. The molecule has 1 fully saturated rings. The molecular formula is C22H23ClN6O3S. The summed E-state index contributed by atoms with van der Waals surface area (Å²) >= 11 is 7.38. The molecule has 4 rings (SSSR count). The van der Waals surface area contributed by atoms with Gasteiger partial charge < -0.3 is 19.9 Å². The van der Waals surface area contributed by atoms with Gasteiger partial charge in [-0.3, -0.25) is 10.1 Å². The minimum absolute atomic E-state index is 0.0821. The Morgan fingerprint density at radius 1 is 1.15 bits per heavy atom. The van der Waals surface area contributed by atoms with E-state index in [4.69, 9.17) is 16.3 Å². The Hall–Kier alpha value is -3.37. The monoisotopic (exact) mass is 486 g/mol. The van der Waals surface area contributed by atoms with Crippen LogP contribution in [0.5, 0.6) is 5.75 Å². The Bertz CT molecular complexity index is 1120. The molecular weight excluding hydrogens is 464 g/mol. The largest absolute Gasteiger partial charge is 0.495 e. The molecule has 2 N–H and O–H groups in total. The zero-order valence-electron chi connectivity index (χ0n) is 18.0. The predicted octanol–water partition coefficient (Wildman–Crippen LogP) is 3.74. The quantitative estimate of drug-likeness (QED) is 0.550. The lowest BCUT2D eigenvalue weighted by molar-refractivity contribution is -0.115. The first kappa shape index (κ1) is 22.8. The first-order valence-corrected chi connectivity index (χ1v) is 11.6. The maximum Gasteiger partial charge on any atom is 0.323 e. The van der Waals surface area contributed by atoms with Gasteiger partial charge in [0.1, 0.15) is 11.6 Å². The molecule has 1 aromatic carbocycles. The van der Waals surface area contributed by atoms with Crippen molar-refractivity contribution in [3.63, 3.8) is 0 Å². The highest BCUT2D eigenvalue weighted by Gasteiger charge is 2.22. The van der Waals surface area contributed by atoms with Gasteiger partial charge in [0.15, 0.2) is 5.13 Å². The van der Waals surface area contributed by atoms with Gasteiger partial charge in [-0.25, -0.2) is 14.8 Å². The van der Waals surface area contributed by atoms with Gasteiger partial charge >= 0.3 is 6.03 Å². The third kappa shape index (κ3) is 5.91. The molecule has 3 amide bonds. The molecule has 0 radical (unpaired) electrons. The minimum Gasteiger partial charge on any atom is -0.495 e. The van der Waals surface area contributed by atoms with E-state index in [0.29, 0.717) is 53.5 Å². The lowest BCUT2D eigenvalue weighted by atomic mass is 10.2. The van der Waals surface area contributed by atoms with E-state index in [2.05, 4.69) is 25.5 Å². The normalized spacial score (nSPS) is 13.5. The number of carbonyl (C=O) groups is 2. The number of pyridine rings is 1. The van der Waals surface area contributed by atoms with Gasteiger partial charge in [0, 0.05) is 43.4 Å². The van der Waals surface area contributed by atoms with Gasteiger partial charge in [-0.2, -0.15) is 0 Å². The summed E-state index contributed by atoms with van der Waals surface area (Å²) in [6, 6.07) is 10.6. The van der Waals surface area contributed by atoms with Gasteiger partial charge in [-0.05, 0) is 30.3 Å². The van der Waals surface area contributed by atoms with E-state index in [1.54, 1.807) is 34.7 Å². The smallest absolute Gasteiger partial charge is 0.323 e. The molecule has 1 aliphatic rings. The third-order valence-corrected chi connectivity index (χ3v) is 6.18. The summed E-state index contributed by atoms with van der Waals surface area (Å²) < 4.78 is 5.11. The second-order valence-corrected chi connectivity index (χ2v) is 8.58. The van der Waals surface area contributed by atoms with E-state index in [9.17, 15) is 9.59 Å². The van der Waals surface area contributed by atoms with Gasteiger partial charge in [-0.1, -0.05) is 17.7 Å². The molecule has 11 heteroatoms. The average molecular weight is 487 g/mol. The molecule has 3 aromatic rings. The zero-order valence-corrected chi connectivity index (χ0v) is 19.5. The van der Waals surface area contributed by atoms with Crippen molar-refractivity contribution in [2.24, 2.45) is 0 Å². The highest BCUT2D eigenvalue weighted by atomic mass is 35.5. The summed E-state index contributed by atoms with van der Waals surface area (Å²) in [4.78, 5) is 37.6. The maximum atomic E-state index is 12.6. The van der Waals surface area contributed by atoms with Crippen molar-refractivity contribution in [1.29, 1.82) is 0 Å². The SMILES string of the molecule is COc1ccc(NC(=O)Cc2csc(NC(=O)N3CCN(c4ccccn4)CC3)n2)cc1Cl. The minimum atomic E-state index is -0.231. The number of rotatable bonds is 6. The molecule has 0 unspecified atom stereocenters. The fourth-order valence-electron chi connectivity index (χ4n) is 3.41. The Labute approximate surface area is 200 Å². The van der Waals surface area contributed by atoms with Crippen LogP contribution >= 0.6 is 22.9 Å². The number of thiazole rings is 1. The fraction of sp³-hybridized carbons (Fsp3) is 0.273. The van der Waals surface area contributed by atoms with Crippen LogP contribution < -0.4 is 20.3 Å². The Morgan fingerprint density at radius 2 is 1.97 bits per heavy atom. The second kappa shape index (κ2) is 10.5. The third-order valence-electron chi connectivity index (χ3n) is 5.08. The van der Waals surface area contributed by atoms with Crippen molar-refractivity contribution < 1.29 is 14.3 Å². The van der Waals surface area contributed by atoms with Crippen molar-refractivity contribution in [3.05, 3.63) is 58.7 Å². The van der Waals surface area contributed by atoms with Crippen LogP contribution in [0, 0.1) is 0 Å². The predicted molar refractivity (Wildman–Crippen MR) is 129 cm³/mol. The van der Waals surface area contributed by atoms with Crippen molar-refractivity contribution in [2.45, 2.75) is 6.42 Å². The summed E-state index contributed by atoms with van der Waals surface area (Å²) in [5.74, 6) is 1.22. The molecule has 0 spiro atoms. The Balaban J connectivity index is 1.26. The Kier molecular flexibility index (Phi) is 7.26. The lowest BCUT2D eigenvalue weighted by Crippen LogP contribution is -2.50. The number of carbonyl (C=O) groups excluding carboxylic acids is 2. The number of aromatic nitrogens is 2. The molecule has 0 aliphatic carbocycles. The van der Waals surface area contributed by atoms with Gasteiger partial charge in [0.25, 0.3) is 0 Å². The summed E-state index contributed by atoms with van der Waals surface area (Å²) in [5.41, 5.74) is 1.15. The molecule has 33 heavy (non-hydrogen) atoms. The van der Waals surface area contributed by atoms with E-state index in [1.165, 1.54) is 18.4 Å². The lowest BCUT2D eigenvalue weighted by Gasteiger charge is -2.35. The van der Waals surface area contributed by atoms with Crippen LogP contribution in [-0.2, 0) is 11.2 Å². The van der Waals surface area contributed by atoms with E-state index in [-0.39, 0.29) is 18.4 Å². The van der Waals surface area contributed by atoms with Crippen LogP contribution in [0.25, 0.3) is 0 Å². The van der Waals surface area contributed by atoms with E-state index in [0.717, 1.165) is 5.82 Å². The number of halogens is 1. The average Bonchev–Trinajstić information content (AvgIpc) is 3.26. The van der Waals surface area contributed by atoms with Crippen LogP contribution in [0.2, 0.25) is 5.02 Å². The van der Waals surface area contributed by atoms with Crippen LogP contribution in [-0.4, -0.2) is 60.1 Å². The molecule has 0 saturated carbocycles. The summed E-state index contributed by atoms with van der Waals surface area (Å²) in [6.07, 6.45) is 1.85.